The first-order chi connectivity index (χ1) is 19.3. The van der Waals surface area contributed by atoms with Gasteiger partial charge in [0.2, 0.25) is 11.8 Å². The molecule has 2 aromatic heterocycles. The van der Waals surface area contributed by atoms with Crippen LogP contribution in [-0.2, 0) is 19.1 Å². The Hall–Kier alpha value is -3.70. The summed E-state index contributed by atoms with van der Waals surface area (Å²) in [6.45, 7) is 0.428. The fourth-order valence-corrected chi connectivity index (χ4v) is 6.25. The summed E-state index contributed by atoms with van der Waals surface area (Å²) >= 11 is 1.31. The number of amides is 2. The number of hydrogen-bond donors (Lipinski definition) is 1. The molecule has 0 spiro atoms. The predicted molar refractivity (Wildman–Crippen MR) is 148 cm³/mol. The van der Waals surface area contributed by atoms with E-state index in [2.05, 4.69) is 4.98 Å². The molecule has 3 aromatic rings. The van der Waals surface area contributed by atoms with Crippen molar-refractivity contribution in [2.45, 2.75) is 50.2 Å². The first-order valence-electron chi connectivity index (χ1n) is 13.4. The number of thiazole rings is 1. The summed E-state index contributed by atoms with van der Waals surface area (Å²) in [5, 5.41) is 11.8. The monoisotopic (exact) mass is 564 g/mol. The molecule has 1 aromatic carbocycles. The Morgan fingerprint density at radius 3 is 2.58 bits per heavy atom. The second kappa shape index (κ2) is 10.7. The van der Waals surface area contributed by atoms with E-state index in [0.717, 1.165) is 36.0 Å². The number of nitrogens with zero attached hydrogens (tertiary/aromatic N) is 4. The molecule has 0 radical (unpaired) electrons. The number of aliphatic carboxylic acids is 1. The van der Waals surface area contributed by atoms with Crippen LogP contribution in [-0.4, -0.2) is 64.3 Å². The summed E-state index contributed by atoms with van der Waals surface area (Å²) < 4.78 is 19.9. The molecule has 3 aliphatic rings. The lowest BCUT2D eigenvalue weighted by atomic mass is 9.87. The van der Waals surface area contributed by atoms with Crippen molar-refractivity contribution >= 4 is 40.1 Å². The fourth-order valence-electron chi connectivity index (χ4n) is 5.35. The van der Waals surface area contributed by atoms with E-state index in [1.165, 1.54) is 11.3 Å². The van der Waals surface area contributed by atoms with Gasteiger partial charge < -0.3 is 9.84 Å². The molecule has 11 heteroatoms. The largest absolute Gasteiger partial charge is 0.481 e. The van der Waals surface area contributed by atoms with Crippen LogP contribution in [0.25, 0.3) is 22.4 Å². The zero-order valence-corrected chi connectivity index (χ0v) is 22.6. The van der Waals surface area contributed by atoms with Gasteiger partial charge in [0.05, 0.1) is 31.2 Å². The molecule has 1 atom stereocenters. The minimum absolute atomic E-state index is 0.0729. The summed E-state index contributed by atoms with van der Waals surface area (Å²) in [6, 6.07) is 11.5. The highest BCUT2D eigenvalue weighted by Gasteiger charge is 2.46. The van der Waals surface area contributed by atoms with E-state index in [0.29, 0.717) is 29.6 Å². The number of halogens is 1. The number of alkyl halides is 1. The van der Waals surface area contributed by atoms with Gasteiger partial charge in [-0.2, -0.15) is 0 Å². The van der Waals surface area contributed by atoms with Crippen molar-refractivity contribution in [2.24, 2.45) is 5.92 Å². The Kier molecular flexibility index (Phi) is 7.09. The maximum atomic E-state index is 14.9. The summed E-state index contributed by atoms with van der Waals surface area (Å²) in [4.78, 5) is 50.0. The number of carboxylic acid groups (broad SMARTS) is 1. The summed E-state index contributed by atoms with van der Waals surface area (Å²) in [5.41, 5.74) is 1.63. The number of anilines is 2. The van der Waals surface area contributed by atoms with Crippen molar-refractivity contribution in [3.8, 4) is 22.4 Å². The van der Waals surface area contributed by atoms with Crippen LogP contribution in [0, 0.1) is 5.92 Å². The molecule has 40 heavy (non-hydrogen) atoms. The lowest BCUT2D eigenvalue weighted by molar-refractivity contribution is -0.153. The highest BCUT2D eigenvalue weighted by Crippen LogP contribution is 2.41. The van der Waals surface area contributed by atoms with Crippen LogP contribution < -0.4 is 9.80 Å². The van der Waals surface area contributed by atoms with Gasteiger partial charge in [-0.15, -0.1) is 11.3 Å². The number of aromatic nitrogens is 2. The van der Waals surface area contributed by atoms with Gasteiger partial charge in [0.15, 0.2) is 10.8 Å². The van der Waals surface area contributed by atoms with Crippen LogP contribution in [0.1, 0.15) is 38.5 Å². The molecule has 2 aliphatic heterocycles. The second-order valence-electron chi connectivity index (χ2n) is 10.7. The Morgan fingerprint density at radius 2 is 1.98 bits per heavy atom. The molecule has 1 N–H and O–H groups in total. The Balaban J connectivity index is 1.27. The third kappa shape index (κ3) is 5.35. The van der Waals surface area contributed by atoms with Crippen molar-refractivity contribution in [1.82, 2.24) is 9.97 Å². The SMILES string of the molecule is O=C(O)C[C@@H](CC1(F)COC1)C(=O)N(c1nc(-c2ccccc2-c2ccc(N3CCCC3=O)nc2)cs1)C1CC1. The molecular weight excluding hydrogens is 535 g/mol. The van der Waals surface area contributed by atoms with Gasteiger partial charge in [-0.25, -0.2) is 14.4 Å². The van der Waals surface area contributed by atoms with Crippen molar-refractivity contribution in [3.63, 3.8) is 0 Å². The average molecular weight is 565 g/mol. The molecular formula is C29H29FN4O5S. The van der Waals surface area contributed by atoms with E-state index in [9.17, 15) is 23.9 Å². The standard InChI is InChI=1S/C29H29FN4O5S/c30-29(16-39-17-29)13-19(12-26(36)37)27(38)34(20-8-9-20)28-32-23(15-40-28)22-5-2-1-4-21(22)18-7-10-24(31-14-18)33-11-3-6-25(33)35/h1-2,4-5,7,10,14-15,19-20H,3,6,8-9,11-13,16-17H2,(H,36,37)/t19-/m0/s1. The number of hydrogen-bond acceptors (Lipinski definition) is 7. The Labute approximate surface area is 234 Å². The zero-order valence-electron chi connectivity index (χ0n) is 21.8. The zero-order chi connectivity index (χ0) is 27.9. The van der Waals surface area contributed by atoms with Crippen LogP contribution in [0.3, 0.4) is 0 Å². The summed E-state index contributed by atoms with van der Waals surface area (Å²) in [5.74, 6) is -1.82. The van der Waals surface area contributed by atoms with Crippen molar-refractivity contribution in [2.75, 3.05) is 29.6 Å². The topological polar surface area (TPSA) is 113 Å². The normalized spacial score (nSPS) is 18.8. The highest BCUT2D eigenvalue weighted by molar-refractivity contribution is 7.14. The Bertz CT molecular complexity index is 1440. The average Bonchev–Trinajstić information content (AvgIpc) is 3.47. The van der Waals surface area contributed by atoms with Gasteiger partial charge in [0.25, 0.3) is 0 Å². The van der Waals surface area contributed by atoms with Crippen molar-refractivity contribution in [3.05, 3.63) is 48.0 Å². The predicted octanol–water partition coefficient (Wildman–Crippen LogP) is 4.71. The molecule has 208 valence electrons. The van der Waals surface area contributed by atoms with E-state index in [1.54, 1.807) is 16.0 Å². The molecule has 3 fully saturated rings. The van der Waals surface area contributed by atoms with E-state index in [1.807, 2.05) is 41.8 Å². The van der Waals surface area contributed by atoms with Gasteiger partial charge in [-0.1, -0.05) is 24.3 Å². The minimum atomic E-state index is -1.68. The molecule has 1 aliphatic carbocycles. The van der Waals surface area contributed by atoms with Crippen LogP contribution in [0.15, 0.2) is 48.0 Å². The van der Waals surface area contributed by atoms with Gasteiger partial charge in [0, 0.05) is 41.7 Å². The molecule has 1 saturated carbocycles. The van der Waals surface area contributed by atoms with Crippen molar-refractivity contribution < 1.29 is 28.6 Å². The molecule has 0 bridgehead atoms. The molecule has 4 heterocycles. The molecule has 6 rings (SSSR count). The molecule has 9 nitrogen and oxygen atoms in total. The molecule has 2 saturated heterocycles. The van der Waals surface area contributed by atoms with Gasteiger partial charge in [0.1, 0.15) is 5.82 Å². The first-order valence-corrected chi connectivity index (χ1v) is 14.3. The van der Waals surface area contributed by atoms with E-state index < -0.39 is 29.9 Å². The highest BCUT2D eigenvalue weighted by atomic mass is 32.1. The number of pyridine rings is 1. The number of benzene rings is 1. The van der Waals surface area contributed by atoms with Crippen LogP contribution in [0.5, 0.6) is 0 Å². The van der Waals surface area contributed by atoms with Gasteiger partial charge in [-0.05, 0) is 43.4 Å². The minimum Gasteiger partial charge on any atom is -0.481 e. The lowest BCUT2D eigenvalue weighted by Crippen LogP contribution is -2.50. The van der Waals surface area contributed by atoms with E-state index in [-0.39, 0.29) is 31.6 Å². The Morgan fingerprint density at radius 1 is 1.20 bits per heavy atom. The number of carboxylic acids is 1. The second-order valence-corrected chi connectivity index (χ2v) is 11.5. The molecule has 0 unspecified atom stereocenters. The number of carbonyl (C=O) groups excluding carboxylic acids is 2. The molecule has 2 amide bonds. The maximum absolute atomic E-state index is 14.9. The van der Waals surface area contributed by atoms with E-state index >= 15 is 0 Å². The number of ether oxygens (including phenoxy) is 1. The smallest absolute Gasteiger partial charge is 0.304 e. The third-order valence-electron chi connectivity index (χ3n) is 7.56. The quantitative estimate of drug-likeness (QED) is 0.379. The van der Waals surface area contributed by atoms with Crippen LogP contribution in [0.4, 0.5) is 15.3 Å². The van der Waals surface area contributed by atoms with E-state index in [4.69, 9.17) is 9.72 Å². The fraction of sp³-hybridized carbons (Fsp3) is 0.414. The van der Waals surface area contributed by atoms with Crippen LogP contribution >= 0.6 is 11.3 Å². The van der Waals surface area contributed by atoms with Crippen molar-refractivity contribution in [1.29, 1.82) is 0 Å². The first kappa shape index (κ1) is 26.5. The van der Waals surface area contributed by atoms with Gasteiger partial charge >= 0.3 is 5.97 Å². The summed E-state index contributed by atoms with van der Waals surface area (Å²) in [7, 11) is 0. The van der Waals surface area contributed by atoms with Crippen LogP contribution in [0.2, 0.25) is 0 Å². The lowest BCUT2D eigenvalue weighted by Gasteiger charge is -2.36. The number of rotatable bonds is 10. The number of carbonyl (C=O) groups is 3. The maximum Gasteiger partial charge on any atom is 0.304 e. The third-order valence-corrected chi connectivity index (χ3v) is 8.40. The van der Waals surface area contributed by atoms with Gasteiger partial charge in [-0.3, -0.25) is 24.2 Å². The summed E-state index contributed by atoms with van der Waals surface area (Å²) in [6.07, 6.45) is 4.07.